The maximum atomic E-state index is 2.27. The van der Waals surface area contributed by atoms with Crippen molar-refractivity contribution in [3.8, 4) is 0 Å². The molecule has 0 aliphatic rings. The lowest BCUT2D eigenvalue weighted by atomic mass is 10.3. The zero-order valence-electron chi connectivity index (χ0n) is 7.78. The number of hydrogen-bond donors (Lipinski definition) is 0. The smallest absolute Gasteiger partial charge is 0.0757 e. The van der Waals surface area contributed by atoms with Crippen LogP contribution in [0.1, 0.15) is 27.7 Å². The van der Waals surface area contributed by atoms with E-state index in [9.17, 15) is 0 Å². The summed E-state index contributed by atoms with van der Waals surface area (Å²) in [7, 11) is 0. The summed E-state index contributed by atoms with van der Waals surface area (Å²) in [5, 5.41) is 0. The molecule has 0 aliphatic carbocycles. The zero-order valence-corrected chi connectivity index (χ0v) is 8.78. The molecular formula is C8H22NS+. The average molecular weight is 164 g/mol. The minimum Gasteiger partial charge on any atom is -0.325 e. The van der Waals surface area contributed by atoms with Gasteiger partial charge in [-0.1, -0.05) is 0 Å². The summed E-state index contributed by atoms with van der Waals surface area (Å²) in [6.45, 7) is 14.2. The van der Waals surface area contributed by atoms with E-state index in [1.165, 1.54) is 30.7 Å². The molecule has 0 aliphatic heterocycles. The second-order valence-corrected chi connectivity index (χ2v) is 2.61. The fraction of sp³-hybridized carbons (Fsp3) is 1.00. The van der Waals surface area contributed by atoms with Crippen LogP contribution in [0, 0.1) is 0 Å². The van der Waals surface area contributed by atoms with Crippen LogP contribution in [0.3, 0.4) is 0 Å². The molecule has 0 rings (SSSR count). The molecule has 0 radical (unpaired) electrons. The van der Waals surface area contributed by atoms with Crippen LogP contribution in [0.4, 0.5) is 0 Å². The van der Waals surface area contributed by atoms with Crippen LogP contribution in [0.25, 0.3) is 0 Å². The lowest BCUT2D eigenvalue weighted by Crippen LogP contribution is -2.47. The lowest BCUT2D eigenvalue weighted by Gasteiger charge is -2.34. The number of rotatable bonds is 4. The number of hydrogen-bond acceptors (Lipinski definition) is 0. The largest absolute Gasteiger partial charge is 0.325 e. The molecule has 0 fully saturated rings. The third-order valence-electron chi connectivity index (χ3n) is 2.68. The van der Waals surface area contributed by atoms with Crippen molar-refractivity contribution in [3.63, 3.8) is 0 Å². The van der Waals surface area contributed by atoms with E-state index in [1.807, 2.05) is 0 Å². The Morgan fingerprint density at radius 2 is 0.900 bits per heavy atom. The minimum absolute atomic E-state index is 0. The van der Waals surface area contributed by atoms with Crippen LogP contribution in [-0.2, 0) is 0 Å². The maximum Gasteiger partial charge on any atom is 0.0757 e. The molecule has 0 saturated heterocycles. The summed E-state index contributed by atoms with van der Waals surface area (Å²) < 4.78 is 1.28. The molecule has 0 N–H and O–H groups in total. The molecule has 0 aromatic carbocycles. The van der Waals surface area contributed by atoms with Gasteiger partial charge in [-0.3, -0.25) is 0 Å². The first kappa shape index (κ1) is 12.9. The Balaban J connectivity index is 0. The van der Waals surface area contributed by atoms with Crippen molar-refractivity contribution in [1.82, 2.24) is 0 Å². The molecule has 0 amide bonds. The van der Waals surface area contributed by atoms with Gasteiger partial charge in [-0.15, -0.1) is 0 Å². The van der Waals surface area contributed by atoms with Gasteiger partial charge in [0.25, 0.3) is 0 Å². The highest BCUT2D eigenvalue weighted by Crippen LogP contribution is 2.03. The maximum absolute atomic E-state index is 2.27. The molecule has 2 heteroatoms. The fourth-order valence-electron chi connectivity index (χ4n) is 1.34. The van der Waals surface area contributed by atoms with E-state index in [2.05, 4.69) is 27.7 Å². The molecule has 0 heterocycles. The molecule has 64 valence electrons. The summed E-state index contributed by atoms with van der Waals surface area (Å²) >= 11 is 0. The van der Waals surface area contributed by atoms with Gasteiger partial charge in [-0.05, 0) is 27.7 Å². The van der Waals surface area contributed by atoms with Gasteiger partial charge in [0.15, 0.2) is 0 Å². The Morgan fingerprint density at radius 1 is 0.700 bits per heavy atom. The first-order valence-electron chi connectivity index (χ1n) is 4.09. The van der Waals surface area contributed by atoms with E-state index >= 15 is 0 Å². The molecule has 1 nitrogen and oxygen atoms in total. The van der Waals surface area contributed by atoms with E-state index in [1.54, 1.807) is 0 Å². The summed E-state index contributed by atoms with van der Waals surface area (Å²) in [5.41, 5.74) is 0. The highest BCUT2D eigenvalue weighted by atomic mass is 32.1. The van der Waals surface area contributed by atoms with Gasteiger partial charge in [-0.2, -0.15) is 13.5 Å². The van der Waals surface area contributed by atoms with E-state index < -0.39 is 0 Å². The van der Waals surface area contributed by atoms with Gasteiger partial charge >= 0.3 is 0 Å². The standard InChI is InChI=1S/C8H20N.H2S/c1-5-9(6-2,7-3)8-4;/h5-8H2,1-4H3;1H2/q+1;. The first-order valence-corrected chi connectivity index (χ1v) is 4.09. The Morgan fingerprint density at radius 3 is 0.900 bits per heavy atom. The normalized spacial score (nSPS) is 10.8. The molecule has 0 atom stereocenters. The molecule has 0 bridgehead atoms. The van der Waals surface area contributed by atoms with E-state index in [4.69, 9.17) is 0 Å². The SMILES string of the molecule is CC[N+](CC)(CC)CC.S. The summed E-state index contributed by atoms with van der Waals surface area (Å²) in [6.07, 6.45) is 0. The summed E-state index contributed by atoms with van der Waals surface area (Å²) in [6, 6.07) is 0. The predicted molar refractivity (Wildman–Crippen MR) is 52.8 cm³/mol. The number of quaternary nitrogens is 1. The monoisotopic (exact) mass is 164 g/mol. The van der Waals surface area contributed by atoms with Crippen molar-refractivity contribution in [3.05, 3.63) is 0 Å². The summed E-state index contributed by atoms with van der Waals surface area (Å²) in [4.78, 5) is 0. The van der Waals surface area contributed by atoms with Crippen molar-refractivity contribution < 1.29 is 4.48 Å². The summed E-state index contributed by atoms with van der Waals surface area (Å²) in [5.74, 6) is 0. The van der Waals surface area contributed by atoms with Crippen molar-refractivity contribution in [2.24, 2.45) is 0 Å². The van der Waals surface area contributed by atoms with Crippen LogP contribution in [0.15, 0.2) is 0 Å². The molecule has 0 spiro atoms. The minimum atomic E-state index is 0. The Labute approximate surface area is 72.5 Å². The zero-order chi connectivity index (χ0) is 7.33. The van der Waals surface area contributed by atoms with Gasteiger partial charge in [0.1, 0.15) is 0 Å². The van der Waals surface area contributed by atoms with E-state index in [0.717, 1.165) is 0 Å². The average Bonchev–Trinajstić information content (AvgIpc) is 1.95. The van der Waals surface area contributed by atoms with Gasteiger partial charge in [0, 0.05) is 0 Å². The second-order valence-electron chi connectivity index (χ2n) is 2.61. The van der Waals surface area contributed by atoms with Crippen molar-refractivity contribution in [1.29, 1.82) is 0 Å². The van der Waals surface area contributed by atoms with Gasteiger partial charge < -0.3 is 4.48 Å². The van der Waals surface area contributed by atoms with Crippen LogP contribution < -0.4 is 0 Å². The highest BCUT2D eigenvalue weighted by Gasteiger charge is 2.16. The Hall–Kier alpha value is 0.310. The second kappa shape index (κ2) is 6.05. The highest BCUT2D eigenvalue weighted by molar-refractivity contribution is 7.59. The van der Waals surface area contributed by atoms with Crippen LogP contribution in [0.5, 0.6) is 0 Å². The van der Waals surface area contributed by atoms with Gasteiger partial charge in [0.2, 0.25) is 0 Å². The topological polar surface area (TPSA) is 0 Å². The van der Waals surface area contributed by atoms with Gasteiger partial charge in [0.05, 0.1) is 26.2 Å². The molecule has 0 aromatic rings. The number of nitrogens with zero attached hydrogens (tertiary/aromatic N) is 1. The van der Waals surface area contributed by atoms with Gasteiger partial charge in [-0.25, -0.2) is 0 Å². The van der Waals surface area contributed by atoms with Crippen LogP contribution >= 0.6 is 13.5 Å². The van der Waals surface area contributed by atoms with Crippen LogP contribution in [0.2, 0.25) is 0 Å². The fourth-order valence-corrected chi connectivity index (χ4v) is 1.34. The third-order valence-corrected chi connectivity index (χ3v) is 2.68. The quantitative estimate of drug-likeness (QED) is 0.558. The van der Waals surface area contributed by atoms with Crippen LogP contribution in [-0.4, -0.2) is 30.7 Å². The first-order chi connectivity index (χ1) is 4.24. The van der Waals surface area contributed by atoms with E-state index in [0.29, 0.717) is 0 Å². The molecule has 0 unspecified atom stereocenters. The van der Waals surface area contributed by atoms with E-state index in [-0.39, 0.29) is 13.5 Å². The molecular weight excluding hydrogens is 142 g/mol. The Kier molecular flexibility index (Phi) is 7.83. The molecule has 10 heavy (non-hydrogen) atoms. The van der Waals surface area contributed by atoms with Crippen molar-refractivity contribution in [2.75, 3.05) is 26.2 Å². The van der Waals surface area contributed by atoms with Crippen molar-refractivity contribution >= 4 is 13.5 Å². The molecule has 0 aromatic heterocycles. The molecule has 0 saturated carbocycles. The predicted octanol–water partition coefficient (Wildman–Crippen LogP) is 2.00. The third kappa shape index (κ3) is 2.93. The van der Waals surface area contributed by atoms with Crippen molar-refractivity contribution in [2.45, 2.75) is 27.7 Å². The Bertz CT molecular complexity index is 52.1. The lowest BCUT2D eigenvalue weighted by molar-refractivity contribution is -0.921.